The van der Waals surface area contributed by atoms with E-state index in [-0.39, 0.29) is 0 Å². The third-order valence-corrected chi connectivity index (χ3v) is 3.19. The summed E-state index contributed by atoms with van der Waals surface area (Å²) in [5, 5.41) is 0.618. The maximum Gasteiger partial charge on any atom is 0.163 e. The topological polar surface area (TPSA) is 61.0 Å². The molecule has 2 rings (SSSR count). The average molecular weight is 329 g/mol. The number of nitrogens with two attached hydrogens (primary N) is 1. The first-order valence-corrected chi connectivity index (χ1v) is 6.35. The highest BCUT2D eigenvalue weighted by molar-refractivity contribution is 9.10. The second-order valence-corrected chi connectivity index (χ2v) is 4.96. The molecular weight excluding hydrogens is 318 g/mol. The largest absolute Gasteiger partial charge is 0.384 e. The van der Waals surface area contributed by atoms with Gasteiger partial charge < -0.3 is 10.5 Å². The van der Waals surface area contributed by atoms with Crippen molar-refractivity contribution in [3.63, 3.8) is 0 Å². The summed E-state index contributed by atoms with van der Waals surface area (Å²) >= 11 is 9.42. The van der Waals surface area contributed by atoms with Crippen molar-refractivity contribution in [3.8, 4) is 11.4 Å². The summed E-state index contributed by atoms with van der Waals surface area (Å²) in [4.78, 5) is 8.60. The SMILES string of the molecule is COCc1cc(N)nc(-c2cc(Cl)ccc2Br)n1. The van der Waals surface area contributed by atoms with Crippen LogP contribution in [0, 0.1) is 0 Å². The summed E-state index contributed by atoms with van der Waals surface area (Å²) in [6.45, 7) is 0.387. The quantitative estimate of drug-likeness (QED) is 0.939. The highest BCUT2D eigenvalue weighted by Crippen LogP contribution is 2.29. The number of methoxy groups -OCH3 is 1. The second kappa shape index (κ2) is 5.65. The van der Waals surface area contributed by atoms with E-state index in [1.54, 1.807) is 25.3 Å². The Kier molecular flexibility index (Phi) is 4.16. The normalized spacial score (nSPS) is 10.6. The molecule has 0 aliphatic heterocycles. The van der Waals surface area contributed by atoms with Gasteiger partial charge in [0.05, 0.1) is 12.3 Å². The predicted molar refractivity (Wildman–Crippen MR) is 75.3 cm³/mol. The van der Waals surface area contributed by atoms with Gasteiger partial charge in [0.2, 0.25) is 0 Å². The van der Waals surface area contributed by atoms with Gasteiger partial charge in [0.15, 0.2) is 5.82 Å². The van der Waals surface area contributed by atoms with Crippen LogP contribution in [0.15, 0.2) is 28.7 Å². The van der Waals surface area contributed by atoms with E-state index >= 15 is 0 Å². The first kappa shape index (κ1) is 13.3. The van der Waals surface area contributed by atoms with E-state index in [1.165, 1.54) is 0 Å². The molecule has 0 bridgehead atoms. The number of hydrogen-bond donors (Lipinski definition) is 1. The molecule has 0 aliphatic rings. The van der Waals surface area contributed by atoms with Gasteiger partial charge in [0.25, 0.3) is 0 Å². The van der Waals surface area contributed by atoms with Crippen molar-refractivity contribution < 1.29 is 4.74 Å². The van der Waals surface area contributed by atoms with Crippen molar-refractivity contribution in [1.29, 1.82) is 0 Å². The highest BCUT2D eigenvalue weighted by atomic mass is 79.9. The Labute approximate surface area is 118 Å². The van der Waals surface area contributed by atoms with E-state index in [2.05, 4.69) is 25.9 Å². The van der Waals surface area contributed by atoms with E-state index < -0.39 is 0 Å². The maximum atomic E-state index is 5.98. The van der Waals surface area contributed by atoms with Crippen LogP contribution in [0.3, 0.4) is 0 Å². The first-order chi connectivity index (χ1) is 8.60. The summed E-state index contributed by atoms with van der Waals surface area (Å²) < 4.78 is 5.91. The van der Waals surface area contributed by atoms with Crippen LogP contribution in [0.2, 0.25) is 5.02 Å². The standard InChI is InChI=1S/C12H11BrClN3O/c1-18-6-8-5-11(15)17-12(16-8)9-4-7(14)2-3-10(9)13/h2-5H,6H2,1H3,(H2,15,16,17). The molecule has 0 radical (unpaired) electrons. The molecule has 2 N–H and O–H groups in total. The summed E-state index contributed by atoms with van der Waals surface area (Å²) in [5.41, 5.74) is 7.29. The fourth-order valence-corrected chi connectivity index (χ4v) is 2.13. The molecule has 94 valence electrons. The molecule has 0 saturated carbocycles. The molecule has 0 unspecified atom stereocenters. The van der Waals surface area contributed by atoms with Crippen LogP contribution >= 0.6 is 27.5 Å². The first-order valence-electron chi connectivity index (χ1n) is 5.18. The van der Waals surface area contributed by atoms with Gasteiger partial charge in [-0.25, -0.2) is 9.97 Å². The fourth-order valence-electron chi connectivity index (χ4n) is 1.53. The lowest BCUT2D eigenvalue weighted by molar-refractivity contribution is 0.181. The number of benzene rings is 1. The zero-order chi connectivity index (χ0) is 13.1. The molecule has 1 aromatic heterocycles. The van der Waals surface area contributed by atoms with Gasteiger partial charge in [-0.05, 0) is 18.2 Å². The van der Waals surface area contributed by atoms with Crippen molar-refractivity contribution in [1.82, 2.24) is 9.97 Å². The second-order valence-electron chi connectivity index (χ2n) is 3.66. The van der Waals surface area contributed by atoms with Crippen LogP contribution in [0.5, 0.6) is 0 Å². The van der Waals surface area contributed by atoms with E-state index in [4.69, 9.17) is 22.1 Å². The van der Waals surface area contributed by atoms with Gasteiger partial charge in [-0.15, -0.1) is 0 Å². The molecule has 4 nitrogen and oxygen atoms in total. The summed E-state index contributed by atoms with van der Waals surface area (Å²) in [6.07, 6.45) is 0. The molecule has 6 heteroatoms. The summed E-state index contributed by atoms with van der Waals surface area (Å²) in [7, 11) is 1.60. The van der Waals surface area contributed by atoms with E-state index in [1.807, 2.05) is 6.07 Å². The van der Waals surface area contributed by atoms with Gasteiger partial charge in [-0.3, -0.25) is 0 Å². The number of nitrogen functional groups attached to an aromatic ring is 1. The van der Waals surface area contributed by atoms with Crippen LogP contribution in [0.1, 0.15) is 5.69 Å². The lowest BCUT2D eigenvalue weighted by Crippen LogP contribution is -2.01. The fraction of sp³-hybridized carbons (Fsp3) is 0.167. The molecule has 0 fully saturated rings. The maximum absolute atomic E-state index is 5.98. The Balaban J connectivity index is 2.52. The molecule has 0 spiro atoms. The molecule has 18 heavy (non-hydrogen) atoms. The number of ether oxygens (including phenoxy) is 1. The zero-order valence-corrected chi connectivity index (χ0v) is 12.0. The monoisotopic (exact) mass is 327 g/mol. The van der Waals surface area contributed by atoms with E-state index in [9.17, 15) is 0 Å². The van der Waals surface area contributed by atoms with Gasteiger partial charge in [0, 0.05) is 28.2 Å². The highest BCUT2D eigenvalue weighted by Gasteiger charge is 2.09. The molecule has 1 heterocycles. The van der Waals surface area contributed by atoms with Crippen LogP contribution in [-0.4, -0.2) is 17.1 Å². The minimum absolute atomic E-state index is 0.387. The van der Waals surface area contributed by atoms with Gasteiger partial charge in [-0.1, -0.05) is 27.5 Å². The Morgan fingerprint density at radius 3 is 2.83 bits per heavy atom. The van der Waals surface area contributed by atoms with Crippen LogP contribution in [0.25, 0.3) is 11.4 Å². The molecule has 0 atom stereocenters. The van der Waals surface area contributed by atoms with Crippen molar-refractivity contribution in [2.45, 2.75) is 6.61 Å². The van der Waals surface area contributed by atoms with Crippen molar-refractivity contribution in [2.75, 3.05) is 12.8 Å². The number of anilines is 1. The van der Waals surface area contributed by atoms with Gasteiger partial charge >= 0.3 is 0 Å². The van der Waals surface area contributed by atoms with Gasteiger partial charge in [0.1, 0.15) is 5.82 Å². The van der Waals surface area contributed by atoms with E-state index in [0.29, 0.717) is 23.3 Å². The van der Waals surface area contributed by atoms with E-state index in [0.717, 1.165) is 15.7 Å². The smallest absolute Gasteiger partial charge is 0.163 e. The van der Waals surface area contributed by atoms with Crippen molar-refractivity contribution in [2.24, 2.45) is 0 Å². The average Bonchev–Trinajstić information content (AvgIpc) is 2.32. The lowest BCUT2D eigenvalue weighted by Gasteiger charge is -2.07. The molecule has 0 saturated heterocycles. The minimum atomic E-state index is 0.387. The summed E-state index contributed by atoms with van der Waals surface area (Å²) in [6, 6.07) is 7.11. The predicted octanol–water partition coefficient (Wildman–Crippen LogP) is 3.29. The molecule has 0 aliphatic carbocycles. The van der Waals surface area contributed by atoms with Crippen LogP contribution in [-0.2, 0) is 11.3 Å². The van der Waals surface area contributed by atoms with Crippen molar-refractivity contribution >= 4 is 33.3 Å². The number of halogens is 2. The number of aromatic nitrogens is 2. The number of nitrogens with zero attached hydrogens (tertiary/aromatic N) is 2. The molecular formula is C12H11BrClN3O. The Bertz CT molecular complexity index is 577. The minimum Gasteiger partial charge on any atom is -0.384 e. The Morgan fingerprint density at radius 1 is 1.33 bits per heavy atom. The van der Waals surface area contributed by atoms with Gasteiger partial charge in [-0.2, -0.15) is 0 Å². The van der Waals surface area contributed by atoms with Crippen LogP contribution < -0.4 is 5.73 Å². The molecule has 2 aromatic rings. The number of hydrogen-bond acceptors (Lipinski definition) is 4. The summed E-state index contributed by atoms with van der Waals surface area (Å²) in [5.74, 6) is 0.926. The third-order valence-electron chi connectivity index (χ3n) is 2.26. The lowest BCUT2D eigenvalue weighted by atomic mass is 10.2. The molecule has 1 aromatic carbocycles. The third kappa shape index (κ3) is 2.98. The Hall–Kier alpha value is -1.17. The van der Waals surface area contributed by atoms with Crippen LogP contribution in [0.4, 0.5) is 5.82 Å². The molecule has 0 amide bonds. The van der Waals surface area contributed by atoms with Crippen molar-refractivity contribution in [3.05, 3.63) is 39.5 Å². The zero-order valence-electron chi connectivity index (χ0n) is 9.65. The Morgan fingerprint density at radius 2 is 2.11 bits per heavy atom. The number of rotatable bonds is 3.